The van der Waals surface area contributed by atoms with Gasteiger partial charge in [0.15, 0.2) is 0 Å². The second-order valence-corrected chi connectivity index (χ2v) is 6.21. The minimum Gasteiger partial charge on any atom is -0.491 e. The van der Waals surface area contributed by atoms with E-state index < -0.39 is 0 Å². The molecule has 2 N–H and O–H groups in total. The normalized spacial score (nSPS) is 21.5. The minimum absolute atomic E-state index is 0.0547. The van der Waals surface area contributed by atoms with Gasteiger partial charge < -0.3 is 15.2 Å². The molecule has 1 aromatic rings. The summed E-state index contributed by atoms with van der Waals surface area (Å²) in [5.41, 5.74) is 8.17. The lowest BCUT2D eigenvalue weighted by Crippen LogP contribution is -2.47. The molecule has 4 nitrogen and oxygen atoms in total. The van der Waals surface area contributed by atoms with E-state index in [2.05, 4.69) is 31.7 Å². The van der Waals surface area contributed by atoms with Crippen LogP contribution in [-0.4, -0.2) is 43.3 Å². The van der Waals surface area contributed by atoms with Gasteiger partial charge in [-0.05, 0) is 44.9 Å². The Bertz CT molecular complexity index is 460. The van der Waals surface area contributed by atoms with Gasteiger partial charge in [0, 0.05) is 25.2 Å². The summed E-state index contributed by atoms with van der Waals surface area (Å²) < 4.78 is 11.7. The van der Waals surface area contributed by atoms with Crippen LogP contribution in [0.4, 0.5) is 0 Å². The number of rotatable bonds is 5. The fourth-order valence-corrected chi connectivity index (χ4v) is 2.61. The third-order valence-corrected chi connectivity index (χ3v) is 4.05. The molecular formula is C17H28N2O2. The largest absolute Gasteiger partial charge is 0.491 e. The zero-order valence-corrected chi connectivity index (χ0v) is 13.6. The van der Waals surface area contributed by atoms with Crippen LogP contribution in [0, 0.1) is 6.92 Å². The maximum absolute atomic E-state index is 5.95. The number of ether oxygens (including phenoxy) is 2. The van der Waals surface area contributed by atoms with Crippen LogP contribution >= 0.6 is 0 Å². The maximum Gasteiger partial charge on any atom is 0.122 e. The molecular weight excluding hydrogens is 264 g/mol. The molecule has 0 aromatic heterocycles. The lowest BCUT2D eigenvalue weighted by Gasteiger charge is -2.35. The molecule has 1 heterocycles. The average molecular weight is 292 g/mol. The first-order chi connectivity index (χ1) is 9.97. The van der Waals surface area contributed by atoms with Crippen molar-refractivity contribution < 1.29 is 9.47 Å². The summed E-state index contributed by atoms with van der Waals surface area (Å²) in [6.45, 7) is 11.8. The molecule has 1 aliphatic heterocycles. The molecule has 1 unspecified atom stereocenters. The Morgan fingerprint density at radius 2 is 2.14 bits per heavy atom. The molecule has 2 atom stereocenters. The zero-order valence-electron chi connectivity index (χ0n) is 13.6. The highest BCUT2D eigenvalue weighted by Gasteiger charge is 2.22. The molecule has 0 amide bonds. The molecule has 118 valence electrons. The van der Waals surface area contributed by atoms with Crippen molar-refractivity contribution in [2.45, 2.75) is 45.9 Å². The number of aryl methyl sites for hydroxylation is 1. The number of nitrogens with zero attached hydrogens (tertiary/aromatic N) is 1. The first-order valence-electron chi connectivity index (χ1n) is 7.82. The Balaban J connectivity index is 1.91. The Kier molecular flexibility index (Phi) is 5.62. The van der Waals surface area contributed by atoms with Crippen LogP contribution in [0.25, 0.3) is 0 Å². The van der Waals surface area contributed by atoms with E-state index in [1.54, 1.807) is 0 Å². The van der Waals surface area contributed by atoms with Crippen molar-refractivity contribution in [1.82, 2.24) is 4.90 Å². The van der Waals surface area contributed by atoms with Gasteiger partial charge in [-0.1, -0.05) is 12.1 Å². The molecule has 1 saturated heterocycles. The van der Waals surface area contributed by atoms with Gasteiger partial charge >= 0.3 is 0 Å². The maximum atomic E-state index is 5.95. The smallest absolute Gasteiger partial charge is 0.122 e. The summed E-state index contributed by atoms with van der Waals surface area (Å²) >= 11 is 0. The lowest BCUT2D eigenvalue weighted by atomic mass is 10.1. The van der Waals surface area contributed by atoms with Gasteiger partial charge in [-0.25, -0.2) is 0 Å². The predicted molar refractivity (Wildman–Crippen MR) is 85.7 cm³/mol. The monoisotopic (exact) mass is 292 g/mol. The average Bonchev–Trinajstić information content (AvgIpc) is 2.46. The molecule has 1 aromatic carbocycles. The van der Waals surface area contributed by atoms with E-state index in [9.17, 15) is 0 Å². The molecule has 0 saturated carbocycles. The van der Waals surface area contributed by atoms with Gasteiger partial charge in [-0.15, -0.1) is 0 Å². The second kappa shape index (κ2) is 7.25. The van der Waals surface area contributed by atoms with Crippen LogP contribution in [0.1, 0.15) is 37.9 Å². The highest BCUT2D eigenvalue weighted by atomic mass is 16.5. The Hall–Kier alpha value is -1.10. The first kappa shape index (κ1) is 16.3. The minimum atomic E-state index is 0.0547. The van der Waals surface area contributed by atoms with Gasteiger partial charge in [-0.3, -0.25) is 4.90 Å². The van der Waals surface area contributed by atoms with E-state index in [0.29, 0.717) is 12.6 Å². The molecule has 0 spiro atoms. The zero-order chi connectivity index (χ0) is 15.4. The van der Waals surface area contributed by atoms with Gasteiger partial charge in [0.05, 0.1) is 6.61 Å². The third kappa shape index (κ3) is 4.43. The number of hydrogen-bond acceptors (Lipinski definition) is 4. The number of hydrogen-bond donors (Lipinski definition) is 1. The fourth-order valence-electron chi connectivity index (χ4n) is 2.61. The van der Waals surface area contributed by atoms with Crippen molar-refractivity contribution in [2.24, 2.45) is 5.73 Å². The van der Waals surface area contributed by atoms with Gasteiger partial charge in [-0.2, -0.15) is 0 Å². The van der Waals surface area contributed by atoms with Crippen LogP contribution in [0.5, 0.6) is 5.75 Å². The predicted octanol–water partition coefficient (Wildman–Crippen LogP) is 2.50. The van der Waals surface area contributed by atoms with Gasteiger partial charge in [0.1, 0.15) is 18.5 Å². The third-order valence-electron chi connectivity index (χ3n) is 4.05. The van der Waals surface area contributed by atoms with Crippen molar-refractivity contribution in [2.75, 3.05) is 26.3 Å². The van der Waals surface area contributed by atoms with Crippen LogP contribution in [0.15, 0.2) is 18.2 Å². The summed E-state index contributed by atoms with van der Waals surface area (Å²) in [7, 11) is 0. The van der Waals surface area contributed by atoms with E-state index in [1.807, 2.05) is 19.1 Å². The molecule has 2 rings (SSSR count). The SMILES string of the molecule is Cc1cc([C@H](C)N)ccc1OCC1CN(C(C)C)CCO1. The van der Waals surface area contributed by atoms with Gasteiger partial charge in [0.2, 0.25) is 0 Å². The lowest BCUT2D eigenvalue weighted by molar-refractivity contribution is -0.0565. The number of nitrogens with two attached hydrogens (primary N) is 1. The van der Waals surface area contributed by atoms with Crippen LogP contribution in [0.3, 0.4) is 0 Å². The quantitative estimate of drug-likeness (QED) is 0.906. The summed E-state index contributed by atoms with van der Waals surface area (Å²) in [5.74, 6) is 0.921. The van der Waals surface area contributed by atoms with E-state index in [0.717, 1.165) is 36.6 Å². The van der Waals surface area contributed by atoms with E-state index in [-0.39, 0.29) is 12.1 Å². The molecule has 0 radical (unpaired) electrons. The number of morpholine rings is 1. The van der Waals surface area contributed by atoms with Crippen molar-refractivity contribution in [3.8, 4) is 5.75 Å². The van der Waals surface area contributed by atoms with Crippen LogP contribution in [-0.2, 0) is 4.74 Å². The highest BCUT2D eigenvalue weighted by molar-refractivity contribution is 5.37. The van der Waals surface area contributed by atoms with Crippen molar-refractivity contribution >= 4 is 0 Å². The first-order valence-corrected chi connectivity index (χ1v) is 7.82. The molecule has 1 fully saturated rings. The molecule has 1 aliphatic rings. The van der Waals surface area contributed by atoms with Crippen LogP contribution in [0.2, 0.25) is 0 Å². The Morgan fingerprint density at radius 3 is 2.76 bits per heavy atom. The summed E-state index contributed by atoms with van der Waals surface area (Å²) in [4.78, 5) is 2.43. The van der Waals surface area contributed by atoms with Crippen LogP contribution < -0.4 is 10.5 Å². The van der Waals surface area contributed by atoms with Crippen molar-refractivity contribution in [3.63, 3.8) is 0 Å². The Labute approximate surface area is 128 Å². The summed E-state index contributed by atoms with van der Waals surface area (Å²) in [6.07, 6.45) is 0.147. The van der Waals surface area contributed by atoms with Gasteiger partial charge in [0.25, 0.3) is 0 Å². The highest BCUT2D eigenvalue weighted by Crippen LogP contribution is 2.22. The van der Waals surface area contributed by atoms with Crippen molar-refractivity contribution in [1.29, 1.82) is 0 Å². The van der Waals surface area contributed by atoms with E-state index in [4.69, 9.17) is 15.2 Å². The van der Waals surface area contributed by atoms with E-state index >= 15 is 0 Å². The summed E-state index contributed by atoms with van der Waals surface area (Å²) in [5, 5.41) is 0. The summed E-state index contributed by atoms with van der Waals surface area (Å²) in [6, 6.07) is 6.76. The second-order valence-electron chi connectivity index (χ2n) is 6.21. The van der Waals surface area contributed by atoms with E-state index in [1.165, 1.54) is 0 Å². The molecule has 0 bridgehead atoms. The topological polar surface area (TPSA) is 47.7 Å². The molecule has 0 aliphatic carbocycles. The standard InChI is InChI=1S/C17H28N2O2/c1-12(2)19-7-8-20-16(10-19)11-21-17-6-5-15(14(4)18)9-13(17)3/h5-6,9,12,14,16H,7-8,10-11,18H2,1-4H3/t14-,16?/m0/s1. The number of benzene rings is 1. The molecule has 4 heteroatoms. The Morgan fingerprint density at radius 1 is 1.38 bits per heavy atom. The van der Waals surface area contributed by atoms with Crippen molar-refractivity contribution in [3.05, 3.63) is 29.3 Å². The fraction of sp³-hybridized carbons (Fsp3) is 0.647. The molecule has 21 heavy (non-hydrogen) atoms.